The van der Waals surface area contributed by atoms with Crippen molar-refractivity contribution in [3.63, 3.8) is 0 Å². The van der Waals surface area contributed by atoms with Crippen molar-refractivity contribution in [3.05, 3.63) is 58.6 Å². The standard InChI is InChI=1S/C24H28ClN3O3/c1-16-12-21(16)23(29)26-20-5-3-4-17(14-20)24(30)28-10-8-27(9-11-28)15-18-13-19(25)6-7-22(18)31-2/h3-7,13-14,16,21H,8-12,15H2,1-2H3,(H,26,29). The summed E-state index contributed by atoms with van der Waals surface area (Å²) in [6, 6.07) is 12.9. The normalized spacial score (nSPS) is 20.9. The molecule has 1 aliphatic heterocycles. The first-order chi connectivity index (χ1) is 14.9. The Bertz CT molecular complexity index is 972. The molecule has 0 bridgehead atoms. The van der Waals surface area contributed by atoms with Gasteiger partial charge in [-0.1, -0.05) is 24.6 Å². The fraction of sp³-hybridized carbons (Fsp3) is 0.417. The van der Waals surface area contributed by atoms with E-state index in [1.54, 1.807) is 19.2 Å². The molecule has 2 aliphatic rings. The summed E-state index contributed by atoms with van der Waals surface area (Å²) >= 11 is 6.14. The molecule has 1 saturated carbocycles. The number of piperazine rings is 1. The first kappa shape index (κ1) is 21.7. The van der Waals surface area contributed by atoms with Gasteiger partial charge in [-0.05, 0) is 48.7 Å². The second kappa shape index (κ2) is 9.28. The van der Waals surface area contributed by atoms with Gasteiger partial charge in [0.1, 0.15) is 5.75 Å². The highest BCUT2D eigenvalue weighted by molar-refractivity contribution is 6.30. The van der Waals surface area contributed by atoms with E-state index in [9.17, 15) is 9.59 Å². The smallest absolute Gasteiger partial charge is 0.254 e. The second-order valence-electron chi connectivity index (χ2n) is 8.41. The van der Waals surface area contributed by atoms with Crippen LogP contribution in [0.1, 0.15) is 29.3 Å². The molecule has 2 unspecified atom stereocenters. The van der Waals surface area contributed by atoms with Crippen LogP contribution in [0.2, 0.25) is 5.02 Å². The number of nitrogens with one attached hydrogen (secondary N) is 1. The molecular weight excluding hydrogens is 414 g/mol. The lowest BCUT2D eigenvalue weighted by molar-refractivity contribution is -0.117. The molecule has 0 radical (unpaired) electrons. The van der Waals surface area contributed by atoms with E-state index in [4.69, 9.17) is 16.3 Å². The average molecular weight is 442 g/mol. The molecule has 164 valence electrons. The Labute approximate surface area is 188 Å². The average Bonchev–Trinajstić information content (AvgIpc) is 3.51. The van der Waals surface area contributed by atoms with Gasteiger partial charge in [-0.15, -0.1) is 0 Å². The Kier molecular flexibility index (Phi) is 6.49. The summed E-state index contributed by atoms with van der Waals surface area (Å²) in [6.07, 6.45) is 0.940. The van der Waals surface area contributed by atoms with E-state index < -0.39 is 0 Å². The van der Waals surface area contributed by atoms with Gasteiger partial charge in [0.2, 0.25) is 5.91 Å². The van der Waals surface area contributed by atoms with Gasteiger partial charge in [-0.25, -0.2) is 0 Å². The third kappa shape index (κ3) is 5.20. The largest absolute Gasteiger partial charge is 0.496 e. The summed E-state index contributed by atoms with van der Waals surface area (Å²) in [5.41, 5.74) is 2.33. The third-order valence-corrected chi connectivity index (χ3v) is 6.35. The molecule has 1 heterocycles. The van der Waals surface area contributed by atoms with Gasteiger partial charge in [-0.3, -0.25) is 14.5 Å². The van der Waals surface area contributed by atoms with Crippen LogP contribution in [0.15, 0.2) is 42.5 Å². The molecule has 2 aromatic rings. The number of methoxy groups -OCH3 is 1. The first-order valence-electron chi connectivity index (χ1n) is 10.7. The van der Waals surface area contributed by atoms with Crippen molar-refractivity contribution in [2.75, 3.05) is 38.6 Å². The quantitative estimate of drug-likeness (QED) is 0.738. The number of hydrogen-bond acceptors (Lipinski definition) is 4. The van der Waals surface area contributed by atoms with Gasteiger partial charge in [-0.2, -0.15) is 0 Å². The van der Waals surface area contributed by atoms with Crippen LogP contribution in [0, 0.1) is 11.8 Å². The van der Waals surface area contributed by atoms with Crippen LogP contribution in [-0.4, -0.2) is 54.9 Å². The lowest BCUT2D eigenvalue weighted by Gasteiger charge is -2.35. The number of rotatable bonds is 6. The number of halogens is 1. The van der Waals surface area contributed by atoms with Gasteiger partial charge in [0.05, 0.1) is 7.11 Å². The van der Waals surface area contributed by atoms with Gasteiger partial charge in [0.15, 0.2) is 0 Å². The summed E-state index contributed by atoms with van der Waals surface area (Å²) < 4.78 is 5.44. The molecule has 4 rings (SSSR count). The number of ether oxygens (including phenoxy) is 1. The van der Waals surface area contributed by atoms with Crippen LogP contribution in [-0.2, 0) is 11.3 Å². The van der Waals surface area contributed by atoms with Crippen LogP contribution in [0.5, 0.6) is 5.75 Å². The zero-order chi connectivity index (χ0) is 22.0. The van der Waals surface area contributed by atoms with Crippen LogP contribution >= 0.6 is 11.6 Å². The summed E-state index contributed by atoms with van der Waals surface area (Å²) in [5, 5.41) is 3.63. The van der Waals surface area contributed by atoms with Gasteiger partial charge < -0.3 is 15.0 Å². The lowest BCUT2D eigenvalue weighted by Crippen LogP contribution is -2.48. The van der Waals surface area contributed by atoms with E-state index >= 15 is 0 Å². The Hall–Kier alpha value is -2.57. The minimum Gasteiger partial charge on any atom is -0.496 e. The highest BCUT2D eigenvalue weighted by atomic mass is 35.5. The molecule has 1 saturated heterocycles. The van der Waals surface area contributed by atoms with Crippen LogP contribution in [0.4, 0.5) is 5.69 Å². The fourth-order valence-electron chi connectivity index (χ4n) is 4.06. The molecular formula is C24H28ClN3O3. The number of amides is 2. The summed E-state index contributed by atoms with van der Waals surface area (Å²) in [6.45, 7) is 5.66. The van der Waals surface area contributed by atoms with E-state index in [0.717, 1.165) is 37.4 Å². The van der Waals surface area contributed by atoms with E-state index in [1.165, 1.54) is 0 Å². The first-order valence-corrected chi connectivity index (χ1v) is 11.1. The van der Waals surface area contributed by atoms with Crippen molar-refractivity contribution >= 4 is 29.1 Å². The molecule has 1 aliphatic carbocycles. The third-order valence-electron chi connectivity index (χ3n) is 6.12. The Balaban J connectivity index is 1.34. The maximum atomic E-state index is 13.0. The lowest BCUT2D eigenvalue weighted by atomic mass is 10.1. The Morgan fingerprint density at radius 2 is 1.87 bits per heavy atom. The van der Waals surface area contributed by atoms with Crippen LogP contribution < -0.4 is 10.1 Å². The molecule has 7 heteroatoms. The van der Waals surface area contributed by atoms with Crippen molar-refractivity contribution in [2.24, 2.45) is 11.8 Å². The van der Waals surface area contributed by atoms with Gasteiger partial charge in [0.25, 0.3) is 5.91 Å². The number of hydrogen-bond donors (Lipinski definition) is 1. The van der Waals surface area contributed by atoms with E-state index in [-0.39, 0.29) is 17.7 Å². The fourth-order valence-corrected chi connectivity index (χ4v) is 4.25. The molecule has 2 amide bonds. The van der Waals surface area contributed by atoms with E-state index in [2.05, 4.69) is 17.1 Å². The highest BCUT2D eigenvalue weighted by Gasteiger charge is 2.39. The molecule has 2 aromatic carbocycles. The van der Waals surface area contributed by atoms with Crippen LogP contribution in [0.3, 0.4) is 0 Å². The van der Waals surface area contributed by atoms with Crippen molar-refractivity contribution in [1.82, 2.24) is 9.80 Å². The number of benzene rings is 2. The van der Waals surface area contributed by atoms with Gasteiger partial charge in [0, 0.05) is 60.5 Å². The predicted octanol–water partition coefficient (Wildman–Crippen LogP) is 3.90. The van der Waals surface area contributed by atoms with E-state index in [0.29, 0.717) is 35.3 Å². The summed E-state index contributed by atoms with van der Waals surface area (Å²) in [7, 11) is 1.66. The monoisotopic (exact) mass is 441 g/mol. The molecule has 2 atom stereocenters. The molecule has 0 spiro atoms. The predicted molar refractivity (Wildman–Crippen MR) is 122 cm³/mol. The molecule has 1 N–H and O–H groups in total. The topological polar surface area (TPSA) is 61.9 Å². The maximum Gasteiger partial charge on any atom is 0.254 e. The zero-order valence-electron chi connectivity index (χ0n) is 17.9. The van der Waals surface area contributed by atoms with Crippen molar-refractivity contribution in [3.8, 4) is 5.75 Å². The summed E-state index contributed by atoms with van der Waals surface area (Å²) in [4.78, 5) is 29.4. The van der Waals surface area contributed by atoms with E-state index in [1.807, 2.05) is 35.2 Å². The molecule has 0 aromatic heterocycles. The van der Waals surface area contributed by atoms with Gasteiger partial charge >= 0.3 is 0 Å². The van der Waals surface area contributed by atoms with Crippen LogP contribution in [0.25, 0.3) is 0 Å². The number of nitrogens with zero attached hydrogens (tertiary/aromatic N) is 2. The Morgan fingerprint density at radius 1 is 1.13 bits per heavy atom. The maximum absolute atomic E-state index is 13.0. The van der Waals surface area contributed by atoms with Crippen molar-refractivity contribution in [1.29, 1.82) is 0 Å². The zero-order valence-corrected chi connectivity index (χ0v) is 18.7. The van der Waals surface area contributed by atoms with Crippen molar-refractivity contribution < 1.29 is 14.3 Å². The highest BCUT2D eigenvalue weighted by Crippen LogP contribution is 2.38. The number of anilines is 1. The SMILES string of the molecule is COc1ccc(Cl)cc1CN1CCN(C(=O)c2cccc(NC(=O)C3CC3C)c2)CC1. The number of carbonyl (C=O) groups excluding carboxylic acids is 2. The number of carbonyl (C=O) groups is 2. The molecule has 6 nitrogen and oxygen atoms in total. The summed E-state index contributed by atoms with van der Waals surface area (Å²) in [5.74, 6) is 1.42. The molecule has 31 heavy (non-hydrogen) atoms. The molecule has 2 fully saturated rings. The Morgan fingerprint density at radius 3 is 2.55 bits per heavy atom. The minimum atomic E-state index is -0.00382. The minimum absolute atomic E-state index is 0.00382. The second-order valence-corrected chi connectivity index (χ2v) is 8.85. The van der Waals surface area contributed by atoms with Crippen molar-refractivity contribution in [2.45, 2.75) is 19.9 Å².